The van der Waals surface area contributed by atoms with Crippen molar-refractivity contribution in [1.82, 2.24) is 14.5 Å². The van der Waals surface area contributed by atoms with Gasteiger partial charge in [0.1, 0.15) is 0 Å². The second-order valence-corrected chi connectivity index (χ2v) is 9.25. The summed E-state index contributed by atoms with van der Waals surface area (Å²) in [6.07, 6.45) is -2.86. The summed E-state index contributed by atoms with van der Waals surface area (Å²) < 4.78 is 70.3. The highest BCUT2D eigenvalue weighted by Gasteiger charge is 2.30. The number of anilines is 1. The first-order valence-corrected chi connectivity index (χ1v) is 11.9. The number of nitrogens with zero attached hydrogens (tertiary/aromatic N) is 3. The van der Waals surface area contributed by atoms with E-state index in [9.17, 15) is 26.4 Å². The van der Waals surface area contributed by atoms with E-state index in [1.54, 1.807) is 6.92 Å². The first kappa shape index (κ1) is 25.4. The summed E-state index contributed by atoms with van der Waals surface area (Å²) >= 11 is 0. The fourth-order valence-corrected chi connectivity index (χ4v) is 4.56. The van der Waals surface area contributed by atoms with Crippen LogP contribution in [0.5, 0.6) is 0 Å². The smallest absolute Gasteiger partial charge is 0.403 e. The van der Waals surface area contributed by atoms with Crippen LogP contribution in [0.1, 0.15) is 42.6 Å². The van der Waals surface area contributed by atoms with Gasteiger partial charge in [0.25, 0.3) is 5.91 Å². The number of rotatable bonds is 9. The Balaban J connectivity index is 1.69. The van der Waals surface area contributed by atoms with Crippen LogP contribution in [-0.2, 0) is 16.2 Å². The fraction of sp³-hybridized carbons (Fsp3) is 0.318. The molecule has 3 rings (SSSR count). The highest BCUT2D eigenvalue weighted by Crippen LogP contribution is 2.31. The van der Waals surface area contributed by atoms with Gasteiger partial charge in [0.15, 0.2) is 0 Å². The molecule has 182 valence electrons. The number of amides is 1. The predicted octanol–water partition coefficient (Wildman–Crippen LogP) is 4.82. The van der Waals surface area contributed by atoms with Crippen molar-refractivity contribution in [3.8, 4) is 11.5 Å². The van der Waals surface area contributed by atoms with E-state index in [0.29, 0.717) is 13.1 Å². The van der Waals surface area contributed by atoms with Crippen LogP contribution in [0.3, 0.4) is 0 Å². The third-order valence-corrected chi connectivity index (χ3v) is 6.96. The van der Waals surface area contributed by atoms with Crippen LogP contribution in [0.15, 0.2) is 57.8 Å². The number of carbonyl (C=O) groups excluding carboxylic acids is 1. The number of hydrogen-bond acceptors (Lipinski definition) is 6. The normalized spacial score (nSPS) is 12.2. The lowest BCUT2D eigenvalue weighted by atomic mass is 10.1. The van der Waals surface area contributed by atoms with Crippen LogP contribution in [-0.4, -0.2) is 41.9 Å². The lowest BCUT2D eigenvalue weighted by Gasteiger charge is -2.20. The summed E-state index contributed by atoms with van der Waals surface area (Å²) in [5.74, 6) is -0.692. The van der Waals surface area contributed by atoms with E-state index in [1.165, 1.54) is 40.7 Å². The average molecular weight is 497 g/mol. The number of aromatic nitrogens is 2. The molecule has 0 spiro atoms. The van der Waals surface area contributed by atoms with Gasteiger partial charge in [0.05, 0.1) is 10.5 Å². The average Bonchev–Trinajstić information content (AvgIpc) is 3.27. The molecule has 34 heavy (non-hydrogen) atoms. The van der Waals surface area contributed by atoms with Crippen LogP contribution >= 0.6 is 0 Å². The van der Waals surface area contributed by atoms with Crippen molar-refractivity contribution < 1.29 is 30.8 Å². The molecule has 0 bridgehead atoms. The topological polar surface area (TPSA) is 105 Å². The number of nitrogens with one attached hydrogen (secondary N) is 1. The maximum Gasteiger partial charge on any atom is 0.416 e. The largest absolute Gasteiger partial charge is 0.416 e. The van der Waals surface area contributed by atoms with Crippen molar-refractivity contribution in [3.05, 3.63) is 59.7 Å². The molecule has 0 atom stereocenters. The Morgan fingerprint density at radius 3 is 2.24 bits per heavy atom. The van der Waals surface area contributed by atoms with E-state index in [1.807, 2.05) is 6.92 Å². The van der Waals surface area contributed by atoms with Gasteiger partial charge in [-0.2, -0.15) is 17.5 Å². The van der Waals surface area contributed by atoms with E-state index in [4.69, 9.17) is 4.42 Å². The van der Waals surface area contributed by atoms with Crippen LogP contribution in [0.4, 0.5) is 19.2 Å². The Hall–Kier alpha value is -3.25. The molecule has 0 aliphatic heterocycles. The van der Waals surface area contributed by atoms with Crippen molar-refractivity contribution in [2.45, 2.75) is 37.8 Å². The van der Waals surface area contributed by atoms with Crippen LogP contribution in [0, 0.1) is 0 Å². The van der Waals surface area contributed by atoms with Gasteiger partial charge in [0, 0.05) is 24.2 Å². The second-order valence-electron chi connectivity index (χ2n) is 7.32. The number of alkyl halides is 3. The van der Waals surface area contributed by atoms with E-state index >= 15 is 0 Å². The van der Waals surface area contributed by atoms with Crippen molar-refractivity contribution in [2.75, 3.05) is 18.4 Å². The molecule has 0 saturated heterocycles. The fourth-order valence-electron chi connectivity index (χ4n) is 3.07. The number of unbranched alkanes of at least 4 members (excludes halogenated alkanes) is 1. The molecule has 12 heteroatoms. The minimum atomic E-state index is -4.47. The number of sulfonamides is 1. The zero-order valence-electron chi connectivity index (χ0n) is 18.5. The third kappa shape index (κ3) is 5.81. The molecular weight excluding hydrogens is 473 g/mol. The maximum absolute atomic E-state index is 12.8. The Kier molecular flexibility index (Phi) is 7.72. The molecule has 2 aromatic carbocycles. The monoisotopic (exact) mass is 496 g/mol. The molecule has 0 unspecified atom stereocenters. The standard InChI is InChI=1S/C22H23F3N4O4S/c1-3-5-14-29(4-2)34(31,32)18-12-8-15(9-13-18)19(30)26-21-28-27-20(33-21)16-6-10-17(11-7-16)22(23,24)25/h6-13H,3-5,14H2,1-2H3,(H,26,28,30). The number of hydrogen-bond donors (Lipinski definition) is 1. The van der Waals surface area contributed by atoms with E-state index in [0.717, 1.165) is 25.0 Å². The summed E-state index contributed by atoms with van der Waals surface area (Å²) in [5.41, 5.74) is -0.411. The van der Waals surface area contributed by atoms with Gasteiger partial charge >= 0.3 is 12.2 Å². The molecule has 1 amide bonds. The maximum atomic E-state index is 12.8. The van der Waals surface area contributed by atoms with Gasteiger partial charge in [0.2, 0.25) is 15.9 Å². The van der Waals surface area contributed by atoms with Gasteiger partial charge in [-0.1, -0.05) is 25.4 Å². The quantitative estimate of drug-likeness (QED) is 0.455. The SMILES string of the molecule is CCCCN(CC)S(=O)(=O)c1ccc(C(=O)Nc2nnc(-c3ccc(C(F)(F)F)cc3)o2)cc1. The molecule has 1 heterocycles. The lowest BCUT2D eigenvalue weighted by molar-refractivity contribution is -0.137. The second kappa shape index (κ2) is 10.3. The summed E-state index contributed by atoms with van der Waals surface area (Å²) in [6.45, 7) is 4.49. The molecule has 1 N–H and O–H groups in total. The van der Waals surface area contributed by atoms with E-state index < -0.39 is 27.7 Å². The highest BCUT2D eigenvalue weighted by molar-refractivity contribution is 7.89. The Morgan fingerprint density at radius 1 is 1.03 bits per heavy atom. The van der Waals surface area contributed by atoms with Crippen LogP contribution in [0.25, 0.3) is 11.5 Å². The highest BCUT2D eigenvalue weighted by atomic mass is 32.2. The lowest BCUT2D eigenvalue weighted by Crippen LogP contribution is -2.31. The molecule has 0 radical (unpaired) electrons. The summed E-state index contributed by atoms with van der Waals surface area (Å²) in [6, 6.07) is 9.30. The summed E-state index contributed by atoms with van der Waals surface area (Å²) in [7, 11) is -3.67. The van der Waals surface area contributed by atoms with E-state index in [-0.39, 0.29) is 27.9 Å². The predicted molar refractivity (Wildman–Crippen MR) is 118 cm³/mol. The van der Waals surface area contributed by atoms with Crippen molar-refractivity contribution in [1.29, 1.82) is 0 Å². The Bertz CT molecular complexity index is 1220. The molecule has 1 aromatic heterocycles. The first-order chi connectivity index (χ1) is 16.1. The molecule has 0 saturated carbocycles. The molecule has 0 fully saturated rings. The van der Waals surface area contributed by atoms with Gasteiger partial charge in [-0.15, -0.1) is 5.10 Å². The van der Waals surface area contributed by atoms with Crippen molar-refractivity contribution in [3.63, 3.8) is 0 Å². The van der Waals surface area contributed by atoms with Gasteiger partial charge in [-0.05, 0) is 55.0 Å². The Labute approximate surface area is 194 Å². The minimum absolute atomic E-state index is 0.0720. The Morgan fingerprint density at radius 2 is 1.68 bits per heavy atom. The van der Waals surface area contributed by atoms with Crippen molar-refractivity contribution in [2.24, 2.45) is 0 Å². The minimum Gasteiger partial charge on any atom is -0.403 e. The number of benzene rings is 2. The van der Waals surface area contributed by atoms with Gasteiger partial charge in [-0.25, -0.2) is 8.42 Å². The van der Waals surface area contributed by atoms with Gasteiger partial charge < -0.3 is 4.42 Å². The molecule has 3 aromatic rings. The number of carbonyl (C=O) groups is 1. The summed E-state index contributed by atoms with van der Waals surface area (Å²) in [5, 5.41) is 9.79. The molecule has 0 aliphatic carbocycles. The zero-order valence-corrected chi connectivity index (χ0v) is 19.3. The number of halogens is 3. The van der Waals surface area contributed by atoms with Crippen LogP contribution < -0.4 is 5.32 Å². The molecule has 0 aliphatic rings. The van der Waals surface area contributed by atoms with Gasteiger partial charge in [-0.3, -0.25) is 10.1 Å². The molecule has 8 nitrogen and oxygen atoms in total. The third-order valence-electron chi connectivity index (χ3n) is 4.97. The first-order valence-electron chi connectivity index (χ1n) is 10.5. The molecular formula is C22H23F3N4O4S. The zero-order chi connectivity index (χ0) is 24.9. The van der Waals surface area contributed by atoms with E-state index in [2.05, 4.69) is 15.5 Å². The van der Waals surface area contributed by atoms with Crippen molar-refractivity contribution >= 4 is 21.9 Å². The summed E-state index contributed by atoms with van der Waals surface area (Å²) in [4.78, 5) is 12.6. The van der Waals surface area contributed by atoms with Crippen LogP contribution in [0.2, 0.25) is 0 Å².